The maximum absolute atomic E-state index is 12.5. The summed E-state index contributed by atoms with van der Waals surface area (Å²) in [4.78, 5) is 21.0. The van der Waals surface area contributed by atoms with E-state index in [0.29, 0.717) is 17.3 Å². The standard InChI is InChI=1S/C18H17N5O4S/c1-28(25,26)11-5-9-19-17(24)14-12-20-16(15-8-10-21-23-15)22-18(14)27-13-6-3-2-4-7-13/h2-8,10-12H,9H2,1H3,(H,19,24)(H,21,23)/b11-5+. The highest BCUT2D eigenvalue weighted by atomic mass is 32.2. The van der Waals surface area contributed by atoms with Gasteiger partial charge in [-0.3, -0.25) is 9.89 Å². The number of hydrogen-bond donors (Lipinski definition) is 2. The highest BCUT2D eigenvalue weighted by molar-refractivity contribution is 7.93. The Morgan fingerprint density at radius 3 is 2.71 bits per heavy atom. The Morgan fingerprint density at radius 1 is 1.25 bits per heavy atom. The highest BCUT2D eigenvalue weighted by Crippen LogP contribution is 2.25. The summed E-state index contributed by atoms with van der Waals surface area (Å²) in [6.07, 6.45) is 5.31. The lowest BCUT2D eigenvalue weighted by molar-refractivity contribution is 0.0954. The first-order chi connectivity index (χ1) is 13.4. The van der Waals surface area contributed by atoms with Gasteiger partial charge in [-0.2, -0.15) is 10.1 Å². The lowest BCUT2D eigenvalue weighted by atomic mass is 10.2. The van der Waals surface area contributed by atoms with Gasteiger partial charge in [0, 0.05) is 30.6 Å². The topological polar surface area (TPSA) is 127 Å². The number of ether oxygens (including phenoxy) is 1. The largest absolute Gasteiger partial charge is 0.438 e. The van der Waals surface area contributed by atoms with E-state index in [1.54, 1.807) is 36.5 Å². The third kappa shape index (κ3) is 5.24. The number of H-pyrrole nitrogens is 1. The van der Waals surface area contributed by atoms with Crippen LogP contribution in [0.1, 0.15) is 10.4 Å². The molecule has 0 radical (unpaired) electrons. The smallest absolute Gasteiger partial charge is 0.258 e. The molecule has 1 aromatic carbocycles. The van der Waals surface area contributed by atoms with Crippen molar-refractivity contribution in [3.05, 3.63) is 65.8 Å². The number of benzene rings is 1. The van der Waals surface area contributed by atoms with E-state index in [-0.39, 0.29) is 18.0 Å². The molecule has 0 atom stereocenters. The van der Waals surface area contributed by atoms with Crippen molar-refractivity contribution in [3.63, 3.8) is 0 Å². The second-order valence-electron chi connectivity index (χ2n) is 5.71. The molecule has 0 fully saturated rings. The minimum Gasteiger partial charge on any atom is -0.438 e. The molecule has 0 saturated heterocycles. The van der Waals surface area contributed by atoms with Crippen molar-refractivity contribution in [2.24, 2.45) is 0 Å². The van der Waals surface area contributed by atoms with Gasteiger partial charge in [0.05, 0.1) is 0 Å². The summed E-state index contributed by atoms with van der Waals surface area (Å²) < 4.78 is 28.0. The molecule has 0 bridgehead atoms. The maximum atomic E-state index is 12.5. The van der Waals surface area contributed by atoms with Gasteiger partial charge in [0.1, 0.15) is 17.0 Å². The zero-order valence-corrected chi connectivity index (χ0v) is 15.7. The molecule has 10 heteroatoms. The van der Waals surface area contributed by atoms with Crippen LogP contribution in [0, 0.1) is 0 Å². The Bertz CT molecular complexity index is 1080. The quantitative estimate of drug-likeness (QED) is 0.621. The van der Waals surface area contributed by atoms with Crippen LogP contribution in [0.3, 0.4) is 0 Å². The van der Waals surface area contributed by atoms with Crippen LogP contribution in [0.15, 0.2) is 60.3 Å². The molecule has 2 N–H and O–H groups in total. The van der Waals surface area contributed by atoms with Gasteiger partial charge in [0.2, 0.25) is 5.88 Å². The minimum absolute atomic E-state index is 0.0268. The van der Waals surface area contributed by atoms with Crippen LogP contribution >= 0.6 is 0 Å². The number of rotatable bonds is 7. The number of nitrogens with zero attached hydrogens (tertiary/aromatic N) is 3. The molecule has 0 spiro atoms. The van der Waals surface area contributed by atoms with E-state index in [2.05, 4.69) is 25.5 Å². The molecule has 9 nitrogen and oxygen atoms in total. The summed E-state index contributed by atoms with van der Waals surface area (Å²) in [6, 6.07) is 10.6. The normalized spacial score (nSPS) is 11.5. The number of aromatic nitrogens is 4. The fourth-order valence-corrected chi connectivity index (χ4v) is 2.63. The van der Waals surface area contributed by atoms with Crippen LogP contribution in [0.5, 0.6) is 11.6 Å². The fourth-order valence-electron chi connectivity index (χ4n) is 2.18. The zero-order chi connectivity index (χ0) is 20.0. The van der Waals surface area contributed by atoms with Gasteiger partial charge in [-0.05, 0) is 18.2 Å². The number of carbonyl (C=O) groups is 1. The molecule has 0 aliphatic carbocycles. The SMILES string of the molecule is CS(=O)(=O)/C=C/CNC(=O)c1cnc(-c2ccn[nH]2)nc1Oc1ccccc1. The molecule has 3 aromatic rings. The van der Waals surface area contributed by atoms with Crippen molar-refractivity contribution in [1.29, 1.82) is 0 Å². The molecule has 2 aromatic heterocycles. The molecule has 0 aliphatic rings. The molecule has 0 saturated carbocycles. The van der Waals surface area contributed by atoms with Gasteiger partial charge in [0.25, 0.3) is 5.91 Å². The van der Waals surface area contributed by atoms with Crippen molar-refractivity contribution in [2.75, 3.05) is 12.8 Å². The predicted octanol–water partition coefficient (Wildman–Crippen LogP) is 1.95. The lowest BCUT2D eigenvalue weighted by Crippen LogP contribution is -2.24. The summed E-state index contributed by atoms with van der Waals surface area (Å²) in [5, 5.41) is 10.2. The molecule has 0 unspecified atom stereocenters. The van der Waals surface area contributed by atoms with Gasteiger partial charge < -0.3 is 10.1 Å². The van der Waals surface area contributed by atoms with E-state index in [9.17, 15) is 13.2 Å². The Labute approximate surface area is 161 Å². The van der Waals surface area contributed by atoms with Gasteiger partial charge in [-0.1, -0.05) is 24.3 Å². The van der Waals surface area contributed by atoms with Crippen LogP contribution in [0.4, 0.5) is 0 Å². The van der Waals surface area contributed by atoms with Crippen LogP contribution in [0.25, 0.3) is 11.5 Å². The number of carbonyl (C=O) groups excluding carboxylic acids is 1. The van der Waals surface area contributed by atoms with Crippen LogP contribution in [-0.4, -0.2) is 47.3 Å². The number of aromatic amines is 1. The summed E-state index contributed by atoms with van der Waals surface area (Å²) in [5.41, 5.74) is 0.681. The summed E-state index contributed by atoms with van der Waals surface area (Å²) in [5.74, 6) is 0.385. The highest BCUT2D eigenvalue weighted by Gasteiger charge is 2.17. The summed E-state index contributed by atoms with van der Waals surface area (Å²) in [7, 11) is -3.26. The van der Waals surface area contributed by atoms with E-state index < -0.39 is 15.7 Å². The lowest BCUT2D eigenvalue weighted by Gasteiger charge is -2.10. The summed E-state index contributed by atoms with van der Waals surface area (Å²) >= 11 is 0. The number of sulfone groups is 1. The Kier molecular flexibility index (Phi) is 5.80. The van der Waals surface area contributed by atoms with Gasteiger partial charge in [-0.15, -0.1) is 0 Å². The first kappa shape index (κ1) is 19.2. The first-order valence-electron chi connectivity index (χ1n) is 8.17. The van der Waals surface area contributed by atoms with Gasteiger partial charge in [-0.25, -0.2) is 13.4 Å². The Balaban J connectivity index is 1.86. The second kappa shape index (κ2) is 8.44. The Hall–Kier alpha value is -3.53. The third-order valence-electron chi connectivity index (χ3n) is 3.42. The second-order valence-corrected chi connectivity index (χ2v) is 7.64. The average molecular weight is 399 g/mol. The number of hydrogen-bond acceptors (Lipinski definition) is 7. The van der Waals surface area contributed by atoms with Crippen LogP contribution in [-0.2, 0) is 9.84 Å². The molecule has 1 amide bonds. The molecular formula is C18H17N5O4S. The van der Waals surface area contributed by atoms with Crippen LogP contribution < -0.4 is 10.1 Å². The number of para-hydroxylation sites is 1. The minimum atomic E-state index is -3.26. The van der Waals surface area contributed by atoms with E-state index >= 15 is 0 Å². The van der Waals surface area contributed by atoms with E-state index in [1.807, 2.05) is 6.07 Å². The molecule has 28 heavy (non-hydrogen) atoms. The summed E-state index contributed by atoms with van der Waals surface area (Å²) in [6.45, 7) is 0.0268. The molecule has 144 valence electrons. The number of amides is 1. The molecular weight excluding hydrogens is 382 g/mol. The monoisotopic (exact) mass is 399 g/mol. The molecule has 2 heterocycles. The van der Waals surface area contributed by atoms with Crippen molar-refractivity contribution in [3.8, 4) is 23.1 Å². The van der Waals surface area contributed by atoms with Crippen molar-refractivity contribution >= 4 is 15.7 Å². The third-order valence-corrected chi connectivity index (χ3v) is 4.11. The van der Waals surface area contributed by atoms with E-state index in [1.165, 1.54) is 12.3 Å². The van der Waals surface area contributed by atoms with Crippen molar-refractivity contribution in [2.45, 2.75) is 0 Å². The molecule has 3 rings (SSSR count). The fraction of sp³-hybridized carbons (Fsp3) is 0.111. The predicted molar refractivity (Wildman–Crippen MR) is 102 cm³/mol. The van der Waals surface area contributed by atoms with Crippen LogP contribution in [0.2, 0.25) is 0 Å². The van der Waals surface area contributed by atoms with E-state index in [4.69, 9.17) is 4.74 Å². The van der Waals surface area contributed by atoms with Crippen molar-refractivity contribution in [1.82, 2.24) is 25.5 Å². The van der Waals surface area contributed by atoms with Crippen molar-refractivity contribution < 1.29 is 17.9 Å². The van der Waals surface area contributed by atoms with E-state index in [0.717, 1.165) is 11.7 Å². The first-order valence-corrected chi connectivity index (χ1v) is 10.1. The van der Waals surface area contributed by atoms with Gasteiger partial charge in [0.15, 0.2) is 15.7 Å². The zero-order valence-electron chi connectivity index (χ0n) is 14.9. The average Bonchev–Trinajstić information content (AvgIpc) is 3.20. The van der Waals surface area contributed by atoms with Gasteiger partial charge >= 0.3 is 0 Å². The Morgan fingerprint density at radius 2 is 2.04 bits per heavy atom. The number of nitrogens with one attached hydrogen (secondary N) is 2. The molecule has 0 aliphatic heterocycles. The maximum Gasteiger partial charge on any atom is 0.258 e.